The second-order valence-corrected chi connectivity index (χ2v) is 5.05. The summed E-state index contributed by atoms with van der Waals surface area (Å²) in [7, 11) is 0. The predicted molar refractivity (Wildman–Crippen MR) is 78.5 cm³/mol. The highest BCUT2D eigenvalue weighted by Gasteiger charge is 2.11. The number of rotatable bonds is 3. The molecule has 0 radical (unpaired) electrons. The minimum Gasteiger partial charge on any atom is -0.310 e. The molecule has 1 aromatic carbocycles. The number of aryl methyl sites for hydroxylation is 3. The standard InChI is InChI=1S/C16H20N2O/c1-5-6-14-17-15(12(4)16(19)18-14)13-9-10(2)7-8-11(13)3/h7-9H,5-6H2,1-4H3,(H,17,18,19). The quantitative estimate of drug-likeness (QED) is 0.915. The molecule has 2 aromatic rings. The van der Waals surface area contributed by atoms with E-state index in [0.29, 0.717) is 5.56 Å². The van der Waals surface area contributed by atoms with Crippen LogP contribution in [0.3, 0.4) is 0 Å². The third-order valence-electron chi connectivity index (χ3n) is 3.34. The fourth-order valence-corrected chi connectivity index (χ4v) is 2.19. The van der Waals surface area contributed by atoms with Crippen LogP contribution in [0.1, 0.15) is 35.9 Å². The summed E-state index contributed by atoms with van der Waals surface area (Å²) in [4.78, 5) is 19.5. The maximum Gasteiger partial charge on any atom is 0.254 e. The summed E-state index contributed by atoms with van der Waals surface area (Å²) in [5.41, 5.74) is 4.85. The molecule has 0 aliphatic carbocycles. The molecule has 0 aliphatic rings. The van der Waals surface area contributed by atoms with Crippen LogP contribution >= 0.6 is 0 Å². The normalized spacial score (nSPS) is 10.7. The highest BCUT2D eigenvalue weighted by Crippen LogP contribution is 2.24. The van der Waals surface area contributed by atoms with Crippen LogP contribution < -0.4 is 5.56 Å². The first-order valence-corrected chi connectivity index (χ1v) is 6.70. The lowest BCUT2D eigenvalue weighted by atomic mass is 10.00. The average molecular weight is 256 g/mol. The first-order chi connectivity index (χ1) is 9.02. The number of aromatic amines is 1. The van der Waals surface area contributed by atoms with E-state index in [1.54, 1.807) is 0 Å². The lowest BCUT2D eigenvalue weighted by Gasteiger charge is -2.10. The minimum atomic E-state index is -0.0330. The Morgan fingerprint density at radius 1 is 1.21 bits per heavy atom. The van der Waals surface area contributed by atoms with Crippen molar-refractivity contribution in [3.63, 3.8) is 0 Å². The van der Waals surface area contributed by atoms with Gasteiger partial charge in [-0.2, -0.15) is 0 Å². The Morgan fingerprint density at radius 2 is 1.95 bits per heavy atom. The molecule has 1 heterocycles. The van der Waals surface area contributed by atoms with Crippen LogP contribution in [-0.4, -0.2) is 9.97 Å². The van der Waals surface area contributed by atoms with Crippen molar-refractivity contribution in [2.45, 2.75) is 40.5 Å². The second kappa shape index (κ2) is 5.39. The molecule has 1 aromatic heterocycles. The van der Waals surface area contributed by atoms with Gasteiger partial charge in [-0.15, -0.1) is 0 Å². The van der Waals surface area contributed by atoms with Crippen LogP contribution in [-0.2, 0) is 6.42 Å². The molecular formula is C16H20N2O. The fraction of sp³-hybridized carbons (Fsp3) is 0.375. The number of H-pyrrole nitrogens is 1. The number of hydrogen-bond acceptors (Lipinski definition) is 2. The van der Waals surface area contributed by atoms with Crippen LogP contribution in [0.15, 0.2) is 23.0 Å². The Morgan fingerprint density at radius 3 is 2.63 bits per heavy atom. The lowest BCUT2D eigenvalue weighted by molar-refractivity contribution is 0.822. The van der Waals surface area contributed by atoms with E-state index in [1.807, 2.05) is 6.92 Å². The zero-order valence-corrected chi connectivity index (χ0v) is 12.0. The molecule has 0 saturated carbocycles. The molecule has 0 atom stereocenters. The number of aromatic nitrogens is 2. The molecule has 0 aliphatic heterocycles. The molecule has 0 spiro atoms. The third-order valence-corrected chi connectivity index (χ3v) is 3.34. The van der Waals surface area contributed by atoms with E-state index in [0.717, 1.165) is 35.5 Å². The molecule has 3 heteroatoms. The summed E-state index contributed by atoms with van der Waals surface area (Å²) in [5.74, 6) is 0.772. The number of hydrogen-bond donors (Lipinski definition) is 1. The Labute approximate surface area is 113 Å². The number of benzene rings is 1. The zero-order valence-electron chi connectivity index (χ0n) is 12.0. The van der Waals surface area contributed by atoms with Gasteiger partial charge in [0, 0.05) is 17.5 Å². The van der Waals surface area contributed by atoms with E-state index in [-0.39, 0.29) is 5.56 Å². The maximum atomic E-state index is 12.0. The van der Waals surface area contributed by atoms with Gasteiger partial charge in [-0.05, 0) is 38.8 Å². The molecule has 0 unspecified atom stereocenters. The molecule has 1 N–H and O–H groups in total. The van der Waals surface area contributed by atoms with Gasteiger partial charge < -0.3 is 4.98 Å². The Balaban J connectivity index is 2.67. The number of nitrogens with zero attached hydrogens (tertiary/aromatic N) is 1. The summed E-state index contributed by atoms with van der Waals surface area (Å²) < 4.78 is 0. The Hall–Kier alpha value is -1.90. The SMILES string of the molecule is CCCc1nc(-c2cc(C)ccc2C)c(C)c(=O)[nH]1. The smallest absolute Gasteiger partial charge is 0.254 e. The van der Waals surface area contributed by atoms with Crippen LogP contribution in [0.5, 0.6) is 0 Å². The van der Waals surface area contributed by atoms with Crippen molar-refractivity contribution < 1.29 is 0 Å². The molecule has 100 valence electrons. The largest absolute Gasteiger partial charge is 0.310 e. The van der Waals surface area contributed by atoms with Gasteiger partial charge in [-0.25, -0.2) is 4.98 Å². The van der Waals surface area contributed by atoms with E-state index in [9.17, 15) is 4.79 Å². The van der Waals surface area contributed by atoms with Gasteiger partial charge in [0.1, 0.15) is 5.82 Å². The van der Waals surface area contributed by atoms with Gasteiger partial charge in [0.2, 0.25) is 0 Å². The van der Waals surface area contributed by atoms with Crippen molar-refractivity contribution in [3.05, 3.63) is 51.1 Å². The maximum absolute atomic E-state index is 12.0. The molecule has 19 heavy (non-hydrogen) atoms. The van der Waals surface area contributed by atoms with Crippen molar-refractivity contribution >= 4 is 0 Å². The fourth-order valence-electron chi connectivity index (χ4n) is 2.19. The number of nitrogens with one attached hydrogen (secondary N) is 1. The molecule has 2 rings (SSSR count). The first kappa shape index (κ1) is 13.5. The van der Waals surface area contributed by atoms with Crippen LogP contribution in [0.25, 0.3) is 11.3 Å². The summed E-state index contributed by atoms with van der Waals surface area (Å²) in [6, 6.07) is 6.25. The molecular weight excluding hydrogens is 236 g/mol. The summed E-state index contributed by atoms with van der Waals surface area (Å²) in [5, 5.41) is 0. The van der Waals surface area contributed by atoms with E-state index in [2.05, 4.69) is 48.9 Å². The molecule has 0 bridgehead atoms. The van der Waals surface area contributed by atoms with Gasteiger partial charge in [-0.3, -0.25) is 4.79 Å². The Bertz CT molecular complexity index is 656. The van der Waals surface area contributed by atoms with Gasteiger partial charge in [0.15, 0.2) is 0 Å². The average Bonchev–Trinajstić information content (AvgIpc) is 2.37. The first-order valence-electron chi connectivity index (χ1n) is 6.70. The minimum absolute atomic E-state index is 0.0330. The topological polar surface area (TPSA) is 45.8 Å². The van der Waals surface area contributed by atoms with Gasteiger partial charge in [0.05, 0.1) is 5.69 Å². The molecule has 0 amide bonds. The summed E-state index contributed by atoms with van der Waals surface area (Å²) in [6.07, 6.45) is 1.77. The van der Waals surface area contributed by atoms with E-state index in [1.165, 1.54) is 5.56 Å². The van der Waals surface area contributed by atoms with E-state index >= 15 is 0 Å². The monoisotopic (exact) mass is 256 g/mol. The molecule has 0 saturated heterocycles. The Kier molecular flexibility index (Phi) is 3.84. The van der Waals surface area contributed by atoms with Crippen LogP contribution in [0.4, 0.5) is 0 Å². The molecule has 3 nitrogen and oxygen atoms in total. The van der Waals surface area contributed by atoms with E-state index in [4.69, 9.17) is 0 Å². The van der Waals surface area contributed by atoms with Crippen LogP contribution in [0.2, 0.25) is 0 Å². The van der Waals surface area contributed by atoms with E-state index < -0.39 is 0 Å². The lowest BCUT2D eigenvalue weighted by Crippen LogP contribution is -2.16. The zero-order chi connectivity index (χ0) is 14.0. The third kappa shape index (κ3) is 2.75. The molecule has 0 fully saturated rings. The van der Waals surface area contributed by atoms with Crippen molar-refractivity contribution in [2.24, 2.45) is 0 Å². The van der Waals surface area contributed by atoms with Crippen molar-refractivity contribution in [3.8, 4) is 11.3 Å². The van der Waals surface area contributed by atoms with Crippen molar-refractivity contribution in [2.75, 3.05) is 0 Å². The van der Waals surface area contributed by atoms with Crippen molar-refractivity contribution in [1.29, 1.82) is 0 Å². The van der Waals surface area contributed by atoms with Gasteiger partial charge in [-0.1, -0.05) is 24.6 Å². The summed E-state index contributed by atoms with van der Waals surface area (Å²) in [6.45, 7) is 8.02. The van der Waals surface area contributed by atoms with Gasteiger partial charge >= 0.3 is 0 Å². The highest BCUT2D eigenvalue weighted by atomic mass is 16.1. The van der Waals surface area contributed by atoms with Crippen molar-refractivity contribution in [1.82, 2.24) is 9.97 Å². The second-order valence-electron chi connectivity index (χ2n) is 5.05. The van der Waals surface area contributed by atoms with Crippen LogP contribution in [0, 0.1) is 20.8 Å². The van der Waals surface area contributed by atoms with Gasteiger partial charge in [0.25, 0.3) is 5.56 Å². The predicted octanol–water partition coefficient (Wildman–Crippen LogP) is 3.31. The highest BCUT2D eigenvalue weighted by molar-refractivity contribution is 5.67. The summed E-state index contributed by atoms with van der Waals surface area (Å²) >= 11 is 0.